The number of alkyl halides is 1. The summed E-state index contributed by atoms with van der Waals surface area (Å²) in [6.07, 6.45) is 2.67. The van der Waals surface area contributed by atoms with Crippen LogP contribution in [0.4, 0.5) is 0 Å². The van der Waals surface area contributed by atoms with Gasteiger partial charge >= 0.3 is 0 Å². The third-order valence-electron chi connectivity index (χ3n) is 6.10. The molecule has 1 fully saturated rings. The number of nitrogens with zero attached hydrogens (tertiary/aromatic N) is 3. The third-order valence-corrected chi connectivity index (χ3v) is 7.04. The summed E-state index contributed by atoms with van der Waals surface area (Å²) >= 11 is 3.93. The van der Waals surface area contributed by atoms with Gasteiger partial charge in [0.15, 0.2) is 11.5 Å². The topological polar surface area (TPSA) is 59.0 Å². The lowest BCUT2D eigenvalue weighted by atomic mass is 9.92. The number of rotatable bonds is 5. The summed E-state index contributed by atoms with van der Waals surface area (Å²) in [7, 11) is 3.32. The van der Waals surface area contributed by atoms with Crippen LogP contribution in [0.2, 0.25) is 0 Å². The minimum absolute atomic E-state index is 0.0101. The molecule has 0 amide bonds. The number of aromatic nitrogens is 1. The predicted octanol–water partition coefficient (Wildman–Crippen LogP) is 4.68. The van der Waals surface area contributed by atoms with Gasteiger partial charge in [0.25, 0.3) is 0 Å². The number of hydrogen-bond donors (Lipinski definition) is 1. The van der Waals surface area contributed by atoms with E-state index in [1.807, 2.05) is 42.6 Å². The Morgan fingerprint density at radius 2 is 1.75 bits per heavy atom. The van der Waals surface area contributed by atoms with Gasteiger partial charge in [-0.25, -0.2) is 0 Å². The van der Waals surface area contributed by atoms with E-state index in [0.29, 0.717) is 0 Å². The van der Waals surface area contributed by atoms with Gasteiger partial charge in [-0.2, -0.15) is 5.10 Å². The molecule has 1 saturated heterocycles. The highest BCUT2D eigenvalue weighted by atomic mass is 79.9. The van der Waals surface area contributed by atoms with Gasteiger partial charge in [-0.1, -0.05) is 58.4 Å². The van der Waals surface area contributed by atoms with E-state index < -0.39 is 0 Å². The van der Waals surface area contributed by atoms with Crippen LogP contribution in [-0.4, -0.2) is 40.9 Å². The quantitative estimate of drug-likeness (QED) is 0.523. The summed E-state index contributed by atoms with van der Waals surface area (Å²) in [5, 5.41) is 11.1. The highest BCUT2D eigenvalue weighted by Gasteiger charge is 2.45. The number of methoxy groups -OCH3 is 2. The number of hydrogen-bond acceptors (Lipinski definition) is 6. The lowest BCUT2D eigenvalue weighted by Gasteiger charge is -2.42. The zero-order valence-corrected chi connectivity index (χ0v) is 19.6. The molecule has 0 radical (unpaired) electrons. The Labute approximate surface area is 196 Å². The van der Waals surface area contributed by atoms with Crippen LogP contribution >= 0.6 is 15.9 Å². The van der Waals surface area contributed by atoms with Crippen molar-refractivity contribution in [2.24, 2.45) is 5.10 Å². The maximum absolute atomic E-state index is 5.59. The van der Waals surface area contributed by atoms with Crippen molar-refractivity contribution < 1.29 is 9.47 Å². The predicted molar refractivity (Wildman–Crippen MR) is 128 cm³/mol. The first-order chi connectivity index (χ1) is 15.7. The number of benzene rings is 2. The second-order valence-electron chi connectivity index (χ2n) is 7.92. The average Bonchev–Trinajstić information content (AvgIpc) is 3.20. The smallest absolute Gasteiger partial charge is 0.161 e. The number of halogens is 1. The highest BCUT2D eigenvalue weighted by Crippen LogP contribution is 2.43. The zero-order chi connectivity index (χ0) is 22.1. The van der Waals surface area contributed by atoms with Crippen molar-refractivity contribution in [2.75, 3.05) is 14.2 Å². The first kappa shape index (κ1) is 21.0. The molecule has 2 aromatic carbocycles. The average molecular weight is 493 g/mol. The minimum Gasteiger partial charge on any atom is -0.493 e. The molecule has 6 nitrogen and oxygen atoms in total. The number of fused-ring (bicyclic) bond motifs is 1. The third kappa shape index (κ3) is 3.76. The fraction of sp³-hybridized carbons (Fsp3) is 0.280. The fourth-order valence-corrected chi connectivity index (χ4v) is 5.27. The van der Waals surface area contributed by atoms with Gasteiger partial charge < -0.3 is 9.47 Å². The second-order valence-corrected chi connectivity index (χ2v) is 8.90. The molecular formula is C25H25BrN4O2. The van der Waals surface area contributed by atoms with E-state index in [9.17, 15) is 0 Å². The number of pyridine rings is 1. The van der Waals surface area contributed by atoms with E-state index >= 15 is 0 Å². The van der Waals surface area contributed by atoms with E-state index in [1.54, 1.807) is 14.2 Å². The number of nitrogens with one attached hydrogen (secondary N) is 1. The van der Waals surface area contributed by atoms with Gasteiger partial charge in [-0.15, -0.1) is 0 Å². The first-order valence-corrected chi connectivity index (χ1v) is 11.6. The Kier molecular flexibility index (Phi) is 5.85. The van der Waals surface area contributed by atoms with Crippen LogP contribution in [0.15, 0.2) is 78.0 Å². The van der Waals surface area contributed by atoms with Gasteiger partial charge in [0, 0.05) is 6.20 Å². The molecule has 0 aliphatic carbocycles. The Morgan fingerprint density at radius 3 is 2.47 bits per heavy atom. The standard InChI is InChI=1S/C25H25BrN4O2/c1-31-21-12-11-17(14-22(21)32-2)20-15-19(18-10-6-7-13-27-18)28-25-23(26)24(29-30(20)25)16-8-4-3-5-9-16/h3-14,19-20,23,25,28H,15H2,1-2H3. The number of hydrazone groups is 1. The molecule has 0 saturated carbocycles. The van der Waals surface area contributed by atoms with Gasteiger partial charge in [-0.05, 0) is 41.8 Å². The van der Waals surface area contributed by atoms with Crippen LogP contribution in [0, 0.1) is 0 Å². The van der Waals surface area contributed by atoms with Crippen molar-refractivity contribution in [3.05, 3.63) is 89.7 Å². The summed E-state index contributed by atoms with van der Waals surface area (Å²) in [4.78, 5) is 4.67. The van der Waals surface area contributed by atoms with Crippen molar-refractivity contribution in [1.82, 2.24) is 15.3 Å². The molecular weight excluding hydrogens is 468 g/mol. The molecule has 3 aromatic rings. The lowest BCUT2D eigenvalue weighted by Crippen LogP contribution is -2.53. The van der Waals surface area contributed by atoms with Crippen LogP contribution in [0.3, 0.4) is 0 Å². The van der Waals surface area contributed by atoms with E-state index in [4.69, 9.17) is 14.6 Å². The summed E-state index contributed by atoms with van der Waals surface area (Å²) < 4.78 is 11.0. The monoisotopic (exact) mass is 492 g/mol. The van der Waals surface area contributed by atoms with Crippen LogP contribution in [0.1, 0.15) is 35.3 Å². The summed E-state index contributed by atoms with van der Waals surface area (Å²) in [5.41, 5.74) is 4.31. The first-order valence-electron chi connectivity index (χ1n) is 10.6. The van der Waals surface area contributed by atoms with Crippen LogP contribution in [-0.2, 0) is 0 Å². The second kappa shape index (κ2) is 8.92. The fourth-order valence-electron chi connectivity index (χ4n) is 4.52. The highest BCUT2D eigenvalue weighted by molar-refractivity contribution is 9.10. The Balaban J connectivity index is 1.56. The molecule has 0 spiro atoms. The summed E-state index contributed by atoms with van der Waals surface area (Å²) in [6, 6.07) is 22.7. The van der Waals surface area contributed by atoms with E-state index in [1.165, 1.54) is 0 Å². The van der Waals surface area contributed by atoms with Crippen molar-refractivity contribution >= 4 is 21.6 Å². The molecule has 5 rings (SSSR count). The van der Waals surface area contributed by atoms with Gasteiger partial charge in [0.05, 0.1) is 42.5 Å². The molecule has 0 bridgehead atoms. The molecule has 1 aromatic heterocycles. The molecule has 32 heavy (non-hydrogen) atoms. The summed E-state index contributed by atoms with van der Waals surface area (Å²) in [6.45, 7) is 0. The number of ether oxygens (including phenoxy) is 2. The maximum atomic E-state index is 5.59. The molecule has 2 aliphatic rings. The molecule has 164 valence electrons. The SMILES string of the molecule is COc1ccc(C2CC(c3ccccn3)NC3C(Br)C(c4ccccc4)=NN23)cc1OC. The minimum atomic E-state index is -0.0101. The Hall–Kier alpha value is -2.90. The molecule has 3 heterocycles. The molecule has 4 atom stereocenters. The lowest BCUT2D eigenvalue weighted by molar-refractivity contribution is 0.0666. The normalized spacial score (nSPS) is 24.6. The molecule has 4 unspecified atom stereocenters. The van der Waals surface area contributed by atoms with E-state index in [-0.39, 0.29) is 23.1 Å². The van der Waals surface area contributed by atoms with Crippen molar-refractivity contribution in [3.63, 3.8) is 0 Å². The molecule has 1 N–H and O–H groups in total. The molecule has 7 heteroatoms. The van der Waals surface area contributed by atoms with Crippen LogP contribution < -0.4 is 14.8 Å². The summed E-state index contributed by atoms with van der Waals surface area (Å²) in [5.74, 6) is 1.44. The van der Waals surface area contributed by atoms with Gasteiger partial charge in [0.2, 0.25) is 0 Å². The largest absolute Gasteiger partial charge is 0.493 e. The van der Waals surface area contributed by atoms with Gasteiger partial charge in [0.1, 0.15) is 6.17 Å². The van der Waals surface area contributed by atoms with E-state index in [2.05, 4.69) is 61.6 Å². The van der Waals surface area contributed by atoms with Crippen LogP contribution in [0.25, 0.3) is 0 Å². The van der Waals surface area contributed by atoms with Crippen molar-refractivity contribution in [1.29, 1.82) is 0 Å². The maximum Gasteiger partial charge on any atom is 0.161 e. The van der Waals surface area contributed by atoms with Crippen LogP contribution in [0.5, 0.6) is 11.5 Å². The Morgan fingerprint density at radius 1 is 0.969 bits per heavy atom. The van der Waals surface area contributed by atoms with Crippen molar-refractivity contribution in [3.8, 4) is 11.5 Å². The zero-order valence-electron chi connectivity index (χ0n) is 18.0. The van der Waals surface area contributed by atoms with Crippen molar-refractivity contribution in [2.45, 2.75) is 29.5 Å². The van der Waals surface area contributed by atoms with Gasteiger partial charge in [-0.3, -0.25) is 15.3 Å². The van der Waals surface area contributed by atoms with E-state index in [0.717, 1.165) is 40.5 Å². The molecule has 2 aliphatic heterocycles. The Bertz CT molecular complexity index is 1110.